The minimum Gasteiger partial charge on any atom is -0.466 e. The zero-order valence-corrected chi connectivity index (χ0v) is 11.7. The number of halogens is 1. The maximum absolute atomic E-state index is 10.9. The predicted octanol–water partition coefficient (Wildman–Crippen LogP) is 0.937. The van der Waals surface area contributed by atoms with Crippen molar-refractivity contribution in [1.29, 1.82) is 0 Å². The number of hydrogen-bond acceptors (Lipinski definition) is 7. The first-order valence-electron chi connectivity index (χ1n) is 4.15. The quantitative estimate of drug-likeness (QED) is 0.372. The van der Waals surface area contributed by atoms with E-state index in [0.29, 0.717) is 20.4 Å². The minimum atomic E-state index is -0.473. The fraction of sp³-hybridized carbons (Fsp3) is 0.375. The molecule has 0 aromatic carbocycles. The summed E-state index contributed by atoms with van der Waals surface area (Å²) in [7, 11) is 1.29. The van der Waals surface area contributed by atoms with Crippen molar-refractivity contribution in [2.45, 2.75) is 5.16 Å². The lowest BCUT2D eigenvalue weighted by molar-refractivity contribution is -0.143. The molecule has 0 aliphatic rings. The second kappa shape index (κ2) is 6.09. The van der Waals surface area contributed by atoms with E-state index in [1.165, 1.54) is 18.9 Å². The summed E-state index contributed by atoms with van der Waals surface area (Å²) in [6.45, 7) is -0.198. The van der Waals surface area contributed by atoms with Crippen molar-refractivity contribution in [2.24, 2.45) is 0 Å². The van der Waals surface area contributed by atoms with Crippen molar-refractivity contribution in [1.82, 2.24) is 9.97 Å². The normalized spacial score (nSPS) is 9.94. The van der Waals surface area contributed by atoms with E-state index in [9.17, 15) is 4.79 Å². The number of ether oxygens (including phenoxy) is 2. The number of anilines is 1. The van der Waals surface area contributed by atoms with E-state index in [-0.39, 0.29) is 6.61 Å². The molecule has 8 heteroatoms. The molecule has 0 fully saturated rings. The topological polar surface area (TPSA) is 87.3 Å². The molecule has 1 heterocycles. The number of methoxy groups -OCH3 is 1. The molecule has 16 heavy (non-hydrogen) atoms. The van der Waals surface area contributed by atoms with Crippen LogP contribution in [0.3, 0.4) is 0 Å². The summed E-state index contributed by atoms with van der Waals surface area (Å²) in [5.41, 5.74) is 5.67. The van der Waals surface area contributed by atoms with Crippen molar-refractivity contribution < 1.29 is 14.3 Å². The maximum Gasteiger partial charge on any atom is 0.343 e. The summed E-state index contributed by atoms with van der Waals surface area (Å²) in [6.07, 6.45) is 1.83. The van der Waals surface area contributed by atoms with Gasteiger partial charge < -0.3 is 15.2 Å². The molecule has 1 aromatic rings. The molecule has 6 nitrogen and oxygen atoms in total. The second-order valence-electron chi connectivity index (χ2n) is 2.58. The molecule has 0 amide bonds. The Morgan fingerprint density at radius 3 is 2.81 bits per heavy atom. The summed E-state index contributed by atoms with van der Waals surface area (Å²) in [6, 6.07) is 0. The smallest absolute Gasteiger partial charge is 0.343 e. The van der Waals surface area contributed by atoms with E-state index in [1.54, 1.807) is 0 Å². The fourth-order valence-electron chi connectivity index (χ4n) is 0.796. The summed E-state index contributed by atoms with van der Waals surface area (Å²) < 4.78 is 10.2. The molecule has 0 spiro atoms. The molecule has 0 saturated carbocycles. The lowest BCUT2D eigenvalue weighted by atomic mass is 10.6. The number of carbonyl (C=O) groups excluding carboxylic acids is 1. The van der Waals surface area contributed by atoms with Crippen molar-refractivity contribution in [3.8, 4) is 5.88 Å². The molecule has 0 saturated heterocycles. The molecule has 0 atom stereocenters. The van der Waals surface area contributed by atoms with E-state index < -0.39 is 5.97 Å². The molecule has 0 unspecified atom stereocenters. The maximum atomic E-state index is 10.9. The molecule has 88 valence electrons. The Kier molecular flexibility index (Phi) is 5.06. The van der Waals surface area contributed by atoms with Gasteiger partial charge in [0, 0.05) is 0 Å². The number of carbonyl (C=O) groups is 1. The van der Waals surface area contributed by atoms with Crippen molar-refractivity contribution >= 4 is 46.1 Å². The number of rotatable bonds is 4. The van der Waals surface area contributed by atoms with Gasteiger partial charge in [-0.05, 0) is 28.8 Å². The van der Waals surface area contributed by atoms with Crippen LogP contribution < -0.4 is 10.5 Å². The van der Waals surface area contributed by atoms with Crippen molar-refractivity contribution in [2.75, 3.05) is 25.7 Å². The minimum absolute atomic E-state index is 0.198. The van der Waals surface area contributed by atoms with E-state index >= 15 is 0 Å². The highest BCUT2D eigenvalue weighted by Crippen LogP contribution is 2.25. The second-order valence-corrected chi connectivity index (χ2v) is 4.43. The highest BCUT2D eigenvalue weighted by Gasteiger charge is 2.12. The van der Waals surface area contributed by atoms with Crippen molar-refractivity contribution in [3.05, 3.63) is 3.57 Å². The summed E-state index contributed by atoms with van der Waals surface area (Å²) in [5.74, 6) is 0.154. The largest absolute Gasteiger partial charge is 0.466 e. The van der Waals surface area contributed by atoms with Crippen LogP contribution in [0, 0.1) is 3.57 Å². The monoisotopic (exact) mass is 355 g/mol. The molecule has 2 N–H and O–H groups in total. The molecule has 0 bridgehead atoms. The van der Waals surface area contributed by atoms with Crippen LogP contribution >= 0.6 is 34.4 Å². The van der Waals surface area contributed by atoms with Crippen LogP contribution in [-0.2, 0) is 9.53 Å². The van der Waals surface area contributed by atoms with Crippen LogP contribution in [0.25, 0.3) is 0 Å². The standard InChI is InChI=1S/C8H10IN3O3S/c1-14-4(13)3-15-7-5(9)6(10)11-8(12-7)16-2/h3H2,1-2H3,(H2,10,11,12). The summed E-state index contributed by atoms with van der Waals surface area (Å²) in [5, 5.41) is 0.498. The lowest BCUT2D eigenvalue weighted by Gasteiger charge is -2.08. The number of esters is 1. The van der Waals surface area contributed by atoms with Gasteiger partial charge in [0.15, 0.2) is 11.8 Å². The van der Waals surface area contributed by atoms with Crippen LogP contribution in [0.4, 0.5) is 5.82 Å². The average molecular weight is 355 g/mol. The van der Waals surface area contributed by atoms with Gasteiger partial charge in [-0.1, -0.05) is 11.8 Å². The van der Waals surface area contributed by atoms with Gasteiger partial charge in [-0.25, -0.2) is 9.78 Å². The Hall–Kier alpha value is -0.770. The zero-order valence-electron chi connectivity index (χ0n) is 8.69. The summed E-state index contributed by atoms with van der Waals surface area (Å²) in [4.78, 5) is 19.0. The van der Waals surface area contributed by atoms with Gasteiger partial charge in [-0.15, -0.1) is 0 Å². The molecule has 1 rings (SSSR count). The Bertz CT molecular complexity index is 402. The van der Waals surface area contributed by atoms with Gasteiger partial charge in [-0.3, -0.25) is 0 Å². The van der Waals surface area contributed by atoms with E-state index in [0.717, 1.165) is 0 Å². The number of nitrogen functional groups attached to an aromatic ring is 1. The van der Waals surface area contributed by atoms with Crippen LogP contribution in [0.5, 0.6) is 5.88 Å². The molecule has 0 aliphatic carbocycles. The predicted molar refractivity (Wildman–Crippen MR) is 68.5 cm³/mol. The third-order valence-electron chi connectivity index (χ3n) is 1.56. The number of nitrogens with zero attached hydrogens (tertiary/aromatic N) is 2. The number of aromatic nitrogens is 2. The Balaban J connectivity index is 2.86. The van der Waals surface area contributed by atoms with Gasteiger partial charge in [0.2, 0.25) is 5.88 Å². The number of hydrogen-bond donors (Lipinski definition) is 1. The average Bonchev–Trinajstić information content (AvgIpc) is 2.30. The fourth-order valence-corrected chi connectivity index (χ4v) is 1.56. The SMILES string of the molecule is COC(=O)COc1nc(SC)nc(N)c1I. The molecule has 1 aromatic heterocycles. The molecular weight excluding hydrogens is 345 g/mol. The van der Waals surface area contributed by atoms with E-state index in [1.807, 2.05) is 28.8 Å². The van der Waals surface area contributed by atoms with E-state index in [4.69, 9.17) is 10.5 Å². The third-order valence-corrected chi connectivity index (χ3v) is 3.12. The van der Waals surface area contributed by atoms with Gasteiger partial charge >= 0.3 is 5.97 Å². The van der Waals surface area contributed by atoms with Crippen LogP contribution in [0.15, 0.2) is 5.16 Å². The van der Waals surface area contributed by atoms with Gasteiger partial charge in [0.1, 0.15) is 9.39 Å². The third kappa shape index (κ3) is 3.37. The molecule has 0 radical (unpaired) electrons. The highest BCUT2D eigenvalue weighted by atomic mass is 127. The molecular formula is C8H10IN3O3S. The number of nitrogens with two attached hydrogens (primary N) is 1. The van der Waals surface area contributed by atoms with Gasteiger partial charge in [-0.2, -0.15) is 4.98 Å². The van der Waals surface area contributed by atoms with Crippen molar-refractivity contribution in [3.63, 3.8) is 0 Å². The highest BCUT2D eigenvalue weighted by molar-refractivity contribution is 14.1. The van der Waals surface area contributed by atoms with Crippen LogP contribution in [-0.4, -0.2) is 35.9 Å². The zero-order chi connectivity index (χ0) is 12.1. The van der Waals surface area contributed by atoms with Gasteiger partial charge in [0.25, 0.3) is 0 Å². The Morgan fingerprint density at radius 1 is 1.56 bits per heavy atom. The van der Waals surface area contributed by atoms with Crippen LogP contribution in [0.1, 0.15) is 0 Å². The first kappa shape index (κ1) is 13.3. The lowest BCUT2D eigenvalue weighted by Crippen LogP contribution is -2.14. The van der Waals surface area contributed by atoms with E-state index in [2.05, 4.69) is 14.7 Å². The first-order chi connectivity index (χ1) is 7.58. The first-order valence-corrected chi connectivity index (χ1v) is 6.45. The Morgan fingerprint density at radius 2 is 2.25 bits per heavy atom. The molecule has 0 aliphatic heterocycles. The summed E-state index contributed by atoms with van der Waals surface area (Å²) >= 11 is 3.30. The van der Waals surface area contributed by atoms with Crippen LogP contribution in [0.2, 0.25) is 0 Å². The van der Waals surface area contributed by atoms with Gasteiger partial charge in [0.05, 0.1) is 7.11 Å². The number of thioether (sulfide) groups is 1. The Labute approximate surface area is 110 Å².